The Bertz CT molecular complexity index is 596. The van der Waals surface area contributed by atoms with Gasteiger partial charge in [0, 0.05) is 26.1 Å². The summed E-state index contributed by atoms with van der Waals surface area (Å²) in [6, 6.07) is 1.08. The first-order valence-electron chi connectivity index (χ1n) is 6.01. The maximum atomic E-state index is 12.2. The number of nitrogens with zero attached hydrogens (tertiary/aromatic N) is 1. The van der Waals surface area contributed by atoms with Gasteiger partial charge in [-0.3, -0.25) is 4.79 Å². The van der Waals surface area contributed by atoms with Crippen molar-refractivity contribution in [2.45, 2.75) is 29.5 Å². The summed E-state index contributed by atoms with van der Waals surface area (Å²) in [5, 5.41) is 0.229. The Morgan fingerprint density at radius 1 is 1.40 bits per heavy atom. The van der Waals surface area contributed by atoms with Gasteiger partial charge in [-0.2, -0.15) is 0 Å². The molecule has 1 unspecified atom stereocenters. The molecule has 1 aromatic rings. The fourth-order valence-corrected chi connectivity index (χ4v) is 5.16. The zero-order valence-corrected chi connectivity index (χ0v) is 13.9. The molecule has 1 aliphatic rings. The predicted molar refractivity (Wildman–Crippen MR) is 79.9 cm³/mol. The standard InChI is InChI=1S/C11H14Cl2N2O3S2/c1-15-5-4-7(2-3-9(15)16)14-20(17,18)10-6-8(12)11(13)19-10/h6-7,14H,2-5H2,1H3. The van der Waals surface area contributed by atoms with Gasteiger partial charge in [0.2, 0.25) is 15.9 Å². The lowest BCUT2D eigenvalue weighted by atomic mass is 10.1. The maximum Gasteiger partial charge on any atom is 0.250 e. The molecule has 1 fully saturated rings. The van der Waals surface area contributed by atoms with Crippen LogP contribution in [0.15, 0.2) is 10.3 Å². The van der Waals surface area contributed by atoms with Crippen molar-refractivity contribution >= 4 is 50.5 Å². The molecule has 9 heteroatoms. The largest absolute Gasteiger partial charge is 0.346 e. The molecule has 1 aromatic heterocycles. The second kappa shape index (κ2) is 6.19. The number of amides is 1. The summed E-state index contributed by atoms with van der Waals surface area (Å²) in [6.45, 7) is 0.540. The number of likely N-dealkylation sites (tertiary alicyclic amines) is 1. The van der Waals surface area contributed by atoms with Gasteiger partial charge in [0.25, 0.3) is 0 Å². The summed E-state index contributed by atoms with van der Waals surface area (Å²) >= 11 is 12.5. The number of carbonyl (C=O) groups is 1. The number of nitrogens with one attached hydrogen (secondary N) is 1. The van der Waals surface area contributed by atoms with Crippen LogP contribution < -0.4 is 4.72 Å². The van der Waals surface area contributed by atoms with E-state index in [0.29, 0.717) is 25.8 Å². The molecule has 0 saturated carbocycles. The van der Waals surface area contributed by atoms with E-state index < -0.39 is 10.0 Å². The lowest BCUT2D eigenvalue weighted by Crippen LogP contribution is -2.35. The van der Waals surface area contributed by atoms with Crippen molar-refractivity contribution in [2.24, 2.45) is 0 Å². The Hall–Kier alpha value is -0.340. The van der Waals surface area contributed by atoms with Gasteiger partial charge in [-0.05, 0) is 18.9 Å². The van der Waals surface area contributed by atoms with Crippen LogP contribution in [0.5, 0.6) is 0 Å². The molecular weight excluding hydrogens is 343 g/mol. The fourth-order valence-electron chi connectivity index (χ4n) is 1.96. The minimum atomic E-state index is -3.64. The first-order valence-corrected chi connectivity index (χ1v) is 9.06. The topological polar surface area (TPSA) is 66.5 Å². The van der Waals surface area contributed by atoms with E-state index in [0.717, 1.165) is 11.3 Å². The number of sulfonamides is 1. The second-order valence-electron chi connectivity index (χ2n) is 4.65. The van der Waals surface area contributed by atoms with Crippen molar-refractivity contribution in [1.29, 1.82) is 0 Å². The molecule has 0 radical (unpaired) electrons. The third kappa shape index (κ3) is 3.65. The molecule has 5 nitrogen and oxygen atoms in total. The van der Waals surface area contributed by atoms with E-state index in [-0.39, 0.29) is 25.5 Å². The molecule has 1 saturated heterocycles. The average Bonchev–Trinajstić information content (AvgIpc) is 2.64. The highest BCUT2D eigenvalue weighted by molar-refractivity contribution is 7.91. The van der Waals surface area contributed by atoms with E-state index in [2.05, 4.69) is 4.72 Å². The maximum absolute atomic E-state index is 12.2. The number of halogens is 2. The summed E-state index contributed by atoms with van der Waals surface area (Å²) in [6.07, 6.45) is 1.43. The molecule has 0 aromatic carbocycles. The van der Waals surface area contributed by atoms with Gasteiger partial charge in [0.15, 0.2) is 0 Å². The van der Waals surface area contributed by atoms with Crippen LogP contribution in [0.25, 0.3) is 0 Å². The van der Waals surface area contributed by atoms with Crippen LogP contribution in [0, 0.1) is 0 Å². The molecule has 2 heterocycles. The molecule has 2 rings (SSSR count). The van der Waals surface area contributed by atoms with Crippen LogP contribution in [0.4, 0.5) is 0 Å². The molecule has 1 N–H and O–H groups in total. The van der Waals surface area contributed by atoms with Gasteiger partial charge < -0.3 is 4.90 Å². The fraction of sp³-hybridized carbons (Fsp3) is 0.545. The van der Waals surface area contributed by atoms with Crippen molar-refractivity contribution in [3.8, 4) is 0 Å². The van der Waals surface area contributed by atoms with E-state index in [1.54, 1.807) is 11.9 Å². The van der Waals surface area contributed by atoms with Crippen molar-refractivity contribution in [3.63, 3.8) is 0 Å². The molecule has 0 spiro atoms. The van der Waals surface area contributed by atoms with Crippen molar-refractivity contribution < 1.29 is 13.2 Å². The monoisotopic (exact) mass is 356 g/mol. The molecule has 0 aliphatic carbocycles. The van der Waals surface area contributed by atoms with Crippen molar-refractivity contribution in [2.75, 3.05) is 13.6 Å². The number of hydrogen-bond donors (Lipinski definition) is 1. The van der Waals surface area contributed by atoms with Crippen LogP contribution in [-0.4, -0.2) is 38.9 Å². The Kier molecular flexibility index (Phi) is 4.96. The second-order valence-corrected chi connectivity index (χ2v) is 8.65. The summed E-state index contributed by atoms with van der Waals surface area (Å²) in [4.78, 5) is 13.2. The van der Waals surface area contributed by atoms with Gasteiger partial charge in [-0.15, -0.1) is 11.3 Å². The molecule has 0 bridgehead atoms. The Labute approximate surface area is 131 Å². The minimum Gasteiger partial charge on any atom is -0.346 e. The Balaban J connectivity index is 2.10. The average molecular weight is 357 g/mol. The quantitative estimate of drug-likeness (QED) is 0.903. The molecular formula is C11H14Cl2N2O3S2. The first-order chi connectivity index (χ1) is 9.29. The third-order valence-corrected chi connectivity index (χ3v) is 7.01. The Morgan fingerprint density at radius 2 is 2.10 bits per heavy atom. The number of rotatable bonds is 3. The number of carbonyl (C=O) groups excluding carboxylic acids is 1. The number of thiophene rings is 1. The highest BCUT2D eigenvalue weighted by atomic mass is 35.5. The van der Waals surface area contributed by atoms with Crippen LogP contribution in [0.2, 0.25) is 9.36 Å². The Morgan fingerprint density at radius 3 is 2.70 bits per heavy atom. The lowest BCUT2D eigenvalue weighted by Gasteiger charge is -2.16. The van der Waals surface area contributed by atoms with E-state index in [1.807, 2.05) is 0 Å². The third-order valence-electron chi connectivity index (χ3n) is 3.15. The van der Waals surface area contributed by atoms with Gasteiger partial charge in [-0.25, -0.2) is 13.1 Å². The molecule has 1 atom stereocenters. The van der Waals surface area contributed by atoms with Gasteiger partial charge in [0.1, 0.15) is 8.55 Å². The summed E-state index contributed by atoms with van der Waals surface area (Å²) in [7, 11) is -1.92. The zero-order valence-electron chi connectivity index (χ0n) is 10.7. The van der Waals surface area contributed by atoms with Crippen LogP contribution >= 0.6 is 34.5 Å². The minimum absolute atomic E-state index is 0.0360. The van der Waals surface area contributed by atoms with Crippen molar-refractivity contribution in [1.82, 2.24) is 9.62 Å². The van der Waals surface area contributed by atoms with E-state index in [9.17, 15) is 13.2 Å². The zero-order chi connectivity index (χ0) is 14.9. The van der Waals surface area contributed by atoms with Crippen LogP contribution in [0.3, 0.4) is 0 Å². The van der Waals surface area contributed by atoms with Gasteiger partial charge >= 0.3 is 0 Å². The predicted octanol–water partition coefficient (Wildman–Crippen LogP) is 2.34. The summed E-state index contributed by atoms with van der Waals surface area (Å²) < 4.78 is 27.4. The molecule has 112 valence electrons. The molecule has 20 heavy (non-hydrogen) atoms. The van der Waals surface area contributed by atoms with Crippen LogP contribution in [0.1, 0.15) is 19.3 Å². The number of hydrogen-bond acceptors (Lipinski definition) is 4. The van der Waals surface area contributed by atoms with Gasteiger partial charge in [-0.1, -0.05) is 23.2 Å². The smallest absolute Gasteiger partial charge is 0.250 e. The van der Waals surface area contributed by atoms with E-state index in [1.165, 1.54) is 6.07 Å². The SMILES string of the molecule is CN1CCC(NS(=O)(=O)c2cc(Cl)c(Cl)s2)CCC1=O. The molecule has 1 aliphatic heterocycles. The van der Waals surface area contributed by atoms with Crippen molar-refractivity contribution in [3.05, 3.63) is 15.4 Å². The highest BCUT2D eigenvalue weighted by Gasteiger charge is 2.26. The normalized spacial score (nSPS) is 21.1. The first kappa shape index (κ1) is 16.0. The lowest BCUT2D eigenvalue weighted by molar-refractivity contribution is -0.129. The van der Waals surface area contributed by atoms with Crippen LogP contribution in [-0.2, 0) is 14.8 Å². The molecule has 1 amide bonds. The van der Waals surface area contributed by atoms with E-state index in [4.69, 9.17) is 23.2 Å². The van der Waals surface area contributed by atoms with Gasteiger partial charge in [0.05, 0.1) is 5.02 Å². The summed E-state index contributed by atoms with van der Waals surface area (Å²) in [5.41, 5.74) is 0. The van der Waals surface area contributed by atoms with E-state index >= 15 is 0 Å². The summed E-state index contributed by atoms with van der Waals surface area (Å²) in [5.74, 6) is 0.0360. The highest BCUT2D eigenvalue weighted by Crippen LogP contribution is 2.34.